The molecule has 0 fully saturated rings. The molecule has 0 saturated carbocycles. The molecule has 0 heterocycles. The fraction of sp³-hybridized carbons (Fsp3) is 0.333. The molecule has 10 heavy (non-hydrogen) atoms. The Bertz CT molecular complexity index is 228. The maximum absolute atomic E-state index is 2.25. The third-order valence-electron chi connectivity index (χ3n) is 1.55. The molecule has 1 rings (SSSR count). The summed E-state index contributed by atoms with van der Waals surface area (Å²) in [6.07, 6.45) is 0. The molecule has 54 valence electrons. The molecule has 0 atom stereocenters. The molecule has 0 aliphatic rings. The average Bonchev–Trinajstić information content (AvgIpc) is 1.88. The standard InChI is InChI=1S/C9H12Se/c1-7-4-5-9(10-3)8(2)6-7/h4-6H,1-3H3. The molecule has 0 saturated heterocycles. The fourth-order valence-electron chi connectivity index (χ4n) is 1.03. The van der Waals surface area contributed by atoms with Gasteiger partial charge in [-0.25, -0.2) is 0 Å². The molecular weight excluding hydrogens is 187 g/mol. The molecule has 0 spiro atoms. The van der Waals surface area contributed by atoms with E-state index in [4.69, 9.17) is 0 Å². The number of rotatable bonds is 1. The normalized spacial score (nSPS) is 9.90. The van der Waals surface area contributed by atoms with Gasteiger partial charge in [0.2, 0.25) is 0 Å². The minimum absolute atomic E-state index is 0.651. The van der Waals surface area contributed by atoms with Gasteiger partial charge in [-0.05, 0) is 0 Å². The molecule has 0 N–H and O–H groups in total. The third-order valence-corrected chi connectivity index (χ3v) is 3.43. The van der Waals surface area contributed by atoms with Crippen LogP contribution in [0.2, 0.25) is 5.82 Å². The van der Waals surface area contributed by atoms with E-state index in [1.165, 1.54) is 15.6 Å². The Morgan fingerprint density at radius 2 is 1.90 bits per heavy atom. The Morgan fingerprint density at radius 3 is 2.40 bits per heavy atom. The number of benzene rings is 1. The molecule has 0 aliphatic carbocycles. The van der Waals surface area contributed by atoms with E-state index >= 15 is 0 Å². The second-order valence-corrected chi connectivity index (χ2v) is 4.25. The average molecular weight is 199 g/mol. The van der Waals surface area contributed by atoms with E-state index in [1.807, 2.05) is 0 Å². The van der Waals surface area contributed by atoms with Gasteiger partial charge in [-0.2, -0.15) is 0 Å². The van der Waals surface area contributed by atoms with E-state index in [0.717, 1.165) is 0 Å². The monoisotopic (exact) mass is 200 g/mol. The van der Waals surface area contributed by atoms with Crippen LogP contribution in [0.25, 0.3) is 0 Å². The van der Waals surface area contributed by atoms with E-state index < -0.39 is 0 Å². The zero-order valence-corrected chi connectivity index (χ0v) is 8.35. The number of hydrogen-bond acceptors (Lipinski definition) is 0. The van der Waals surface area contributed by atoms with Crippen LogP contribution in [0.15, 0.2) is 18.2 Å². The van der Waals surface area contributed by atoms with Gasteiger partial charge in [0.15, 0.2) is 0 Å². The van der Waals surface area contributed by atoms with E-state index in [9.17, 15) is 0 Å². The van der Waals surface area contributed by atoms with Gasteiger partial charge in [-0.1, -0.05) is 0 Å². The van der Waals surface area contributed by atoms with Crippen LogP contribution in [0.3, 0.4) is 0 Å². The van der Waals surface area contributed by atoms with Gasteiger partial charge >= 0.3 is 68.4 Å². The molecule has 0 radical (unpaired) electrons. The molecule has 0 nitrogen and oxygen atoms in total. The van der Waals surface area contributed by atoms with Crippen molar-refractivity contribution >= 4 is 19.4 Å². The van der Waals surface area contributed by atoms with Gasteiger partial charge in [-0.15, -0.1) is 0 Å². The van der Waals surface area contributed by atoms with Gasteiger partial charge in [0.1, 0.15) is 0 Å². The van der Waals surface area contributed by atoms with Crippen LogP contribution in [0.1, 0.15) is 11.1 Å². The summed E-state index contributed by atoms with van der Waals surface area (Å²) in [7, 11) is 0. The van der Waals surface area contributed by atoms with Crippen molar-refractivity contribution < 1.29 is 0 Å². The molecule has 1 aromatic carbocycles. The minimum atomic E-state index is 0.651. The van der Waals surface area contributed by atoms with Crippen molar-refractivity contribution in [3.63, 3.8) is 0 Å². The molecular formula is C9H12Se. The summed E-state index contributed by atoms with van der Waals surface area (Å²) in [5, 5.41) is 0. The predicted octanol–water partition coefficient (Wildman–Crippen LogP) is 1.68. The number of hydrogen-bond donors (Lipinski definition) is 0. The molecule has 1 heteroatoms. The Labute approximate surface area is 68.8 Å². The summed E-state index contributed by atoms with van der Waals surface area (Å²) in [6, 6.07) is 6.68. The molecule has 0 amide bonds. The maximum atomic E-state index is 2.25. The Kier molecular flexibility index (Phi) is 2.53. The second kappa shape index (κ2) is 3.23. The summed E-state index contributed by atoms with van der Waals surface area (Å²) < 4.78 is 1.53. The topological polar surface area (TPSA) is 0 Å². The van der Waals surface area contributed by atoms with Gasteiger partial charge in [0.25, 0.3) is 0 Å². The van der Waals surface area contributed by atoms with Crippen molar-refractivity contribution in [3.8, 4) is 0 Å². The SMILES string of the molecule is C[Se]c1ccc(C)cc1C. The Hall–Kier alpha value is -0.261. The second-order valence-electron chi connectivity index (χ2n) is 2.47. The van der Waals surface area contributed by atoms with Crippen LogP contribution < -0.4 is 4.46 Å². The fourth-order valence-corrected chi connectivity index (χ4v) is 2.26. The molecule has 0 bridgehead atoms. The first-order valence-electron chi connectivity index (χ1n) is 3.35. The molecule has 0 aromatic heterocycles. The van der Waals surface area contributed by atoms with Crippen molar-refractivity contribution in [1.29, 1.82) is 0 Å². The summed E-state index contributed by atoms with van der Waals surface area (Å²) >= 11 is 0.651. The quantitative estimate of drug-likeness (QED) is 0.603. The van der Waals surface area contributed by atoms with Crippen molar-refractivity contribution in [1.82, 2.24) is 0 Å². The van der Waals surface area contributed by atoms with Gasteiger partial charge in [-0.3, -0.25) is 0 Å². The summed E-state index contributed by atoms with van der Waals surface area (Å²) in [5.41, 5.74) is 2.81. The van der Waals surface area contributed by atoms with E-state index in [2.05, 4.69) is 37.9 Å². The molecule has 0 aliphatic heterocycles. The Balaban J connectivity index is 3.07. The van der Waals surface area contributed by atoms with Gasteiger partial charge < -0.3 is 0 Å². The first-order valence-corrected chi connectivity index (χ1v) is 5.92. The van der Waals surface area contributed by atoms with Crippen LogP contribution in [0, 0.1) is 13.8 Å². The van der Waals surface area contributed by atoms with Crippen molar-refractivity contribution in [2.45, 2.75) is 19.7 Å². The van der Waals surface area contributed by atoms with Crippen molar-refractivity contribution in [2.24, 2.45) is 0 Å². The molecule has 0 unspecified atom stereocenters. The zero-order chi connectivity index (χ0) is 7.56. The van der Waals surface area contributed by atoms with Gasteiger partial charge in [0.05, 0.1) is 0 Å². The zero-order valence-electron chi connectivity index (χ0n) is 6.64. The van der Waals surface area contributed by atoms with Gasteiger partial charge in [0, 0.05) is 0 Å². The van der Waals surface area contributed by atoms with Crippen molar-refractivity contribution in [2.75, 3.05) is 0 Å². The van der Waals surface area contributed by atoms with Crippen molar-refractivity contribution in [3.05, 3.63) is 29.3 Å². The van der Waals surface area contributed by atoms with Crippen LogP contribution >= 0.6 is 0 Å². The van der Waals surface area contributed by atoms with E-state index in [1.54, 1.807) is 0 Å². The summed E-state index contributed by atoms with van der Waals surface area (Å²) in [4.78, 5) is 0. The van der Waals surface area contributed by atoms with E-state index in [0.29, 0.717) is 15.0 Å². The Morgan fingerprint density at radius 1 is 1.20 bits per heavy atom. The number of aryl methyl sites for hydroxylation is 2. The summed E-state index contributed by atoms with van der Waals surface area (Å²) in [5.74, 6) is 2.25. The first-order chi connectivity index (χ1) is 4.74. The predicted molar refractivity (Wildman–Crippen MR) is 47.2 cm³/mol. The van der Waals surface area contributed by atoms with Crippen LogP contribution in [0.4, 0.5) is 0 Å². The molecule has 1 aromatic rings. The third kappa shape index (κ3) is 1.62. The summed E-state index contributed by atoms with van der Waals surface area (Å²) in [6.45, 7) is 4.33. The van der Waals surface area contributed by atoms with E-state index in [-0.39, 0.29) is 0 Å². The van der Waals surface area contributed by atoms with Crippen LogP contribution in [0.5, 0.6) is 0 Å². The van der Waals surface area contributed by atoms with Crippen LogP contribution in [-0.2, 0) is 0 Å². The first kappa shape index (κ1) is 7.84. The van der Waals surface area contributed by atoms with Crippen LogP contribution in [-0.4, -0.2) is 15.0 Å².